The van der Waals surface area contributed by atoms with Gasteiger partial charge in [-0.25, -0.2) is 0 Å². The van der Waals surface area contributed by atoms with E-state index in [1.54, 1.807) is 30.3 Å². The fraction of sp³-hybridized carbons (Fsp3) is 0.333. The summed E-state index contributed by atoms with van der Waals surface area (Å²) in [4.78, 5) is 23.5. The summed E-state index contributed by atoms with van der Waals surface area (Å²) in [6, 6.07) is 7.16. The average molecular weight is 362 g/mol. The molecule has 1 aromatic rings. The van der Waals surface area contributed by atoms with Crippen molar-refractivity contribution in [1.82, 2.24) is 9.62 Å². The van der Waals surface area contributed by atoms with E-state index in [1.165, 1.54) is 0 Å². The van der Waals surface area contributed by atoms with Gasteiger partial charge in [0.15, 0.2) is 12.0 Å². The fourth-order valence-corrected chi connectivity index (χ4v) is 4.38. The van der Waals surface area contributed by atoms with E-state index < -0.39 is 50.9 Å². The highest BCUT2D eigenvalue weighted by molar-refractivity contribution is 7.88. The van der Waals surface area contributed by atoms with Crippen molar-refractivity contribution in [3.05, 3.63) is 30.3 Å². The van der Waals surface area contributed by atoms with Gasteiger partial charge in [0.25, 0.3) is 11.8 Å². The second kappa shape index (κ2) is 6.64. The molecular weight excluding hydrogens is 348 g/mol. The summed E-state index contributed by atoms with van der Waals surface area (Å²) in [6.45, 7) is -0.400. The van der Waals surface area contributed by atoms with E-state index in [0.717, 1.165) is 6.26 Å². The van der Waals surface area contributed by atoms with Crippen molar-refractivity contribution >= 4 is 32.9 Å². The van der Waals surface area contributed by atoms with Crippen LogP contribution in [0, 0.1) is 0 Å². The van der Waals surface area contributed by atoms with Crippen molar-refractivity contribution in [2.45, 2.75) is 11.4 Å². The van der Waals surface area contributed by atoms with Crippen LogP contribution in [0.15, 0.2) is 30.3 Å². The van der Waals surface area contributed by atoms with Gasteiger partial charge < -0.3 is 10.1 Å². The maximum absolute atomic E-state index is 11.8. The zero-order valence-electron chi connectivity index (χ0n) is 11.9. The lowest BCUT2D eigenvalue weighted by molar-refractivity contribution is -0.142. The number of amides is 2. The SMILES string of the molecule is CS(=O)[C@@H]1[C@@H](NC(=O)COc2ccccc2)C(=O)N1S(=O)(=O)O. The molecule has 9 nitrogen and oxygen atoms in total. The Morgan fingerprint density at radius 1 is 1.39 bits per heavy atom. The molecule has 0 radical (unpaired) electrons. The Morgan fingerprint density at radius 3 is 2.52 bits per heavy atom. The van der Waals surface area contributed by atoms with Crippen LogP contribution in [-0.2, 0) is 30.7 Å². The molecule has 0 aliphatic carbocycles. The Kier molecular flexibility index (Phi) is 5.02. The lowest BCUT2D eigenvalue weighted by Gasteiger charge is -2.42. The second-order valence-electron chi connectivity index (χ2n) is 4.65. The first-order chi connectivity index (χ1) is 10.7. The van der Waals surface area contributed by atoms with E-state index in [1.807, 2.05) is 0 Å². The molecular formula is C12H14N2O7S2. The van der Waals surface area contributed by atoms with Crippen LogP contribution >= 0.6 is 0 Å². The molecule has 2 N–H and O–H groups in total. The van der Waals surface area contributed by atoms with E-state index in [4.69, 9.17) is 9.29 Å². The van der Waals surface area contributed by atoms with Gasteiger partial charge in [0.1, 0.15) is 11.8 Å². The third kappa shape index (κ3) is 3.86. The van der Waals surface area contributed by atoms with Crippen molar-refractivity contribution in [3.63, 3.8) is 0 Å². The lowest BCUT2D eigenvalue weighted by atomic mass is 10.1. The van der Waals surface area contributed by atoms with Crippen LogP contribution in [0.1, 0.15) is 0 Å². The van der Waals surface area contributed by atoms with Gasteiger partial charge in [-0.3, -0.25) is 18.4 Å². The van der Waals surface area contributed by atoms with Crippen molar-refractivity contribution in [2.24, 2.45) is 0 Å². The number of hydrogen-bond donors (Lipinski definition) is 2. The summed E-state index contributed by atoms with van der Waals surface area (Å²) in [6.07, 6.45) is 1.16. The van der Waals surface area contributed by atoms with Crippen molar-refractivity contribution < 1.29 is 31.5 Å². The first kappa shape index (κ1) is 17.4. The minimum Gasteiger partial charge on any atom is -0.484 e. The maximum Gasteiger partial charge on any atom is 0.363 e. The zero-order chi connectivity index (χ0) is 17.2. The molecule has 2 amide bonds. The molecule has 1 aliphatic heterocycles. The van der Waals surface area contributed by atoms with E-state index in [2.05, 4.69) is 5.32 Å². The van der Waals surface area contributed by atoms with Crippen molar-refractivity contribution in [3.8, 4) is 5.75 Å². The number of hydrogen-bond acceptors (Lipinski definition) is 6. The molecule has 3 atom stereocenters. The molecule has 0 saturated carbocycles. The summed E-state index contributed by atoms with van der Waals surface area (Å²) < 4.78 is 47.9. The number of β-lactam (4-membered cyclic amide) rings is 1. The highest BCUT2D eigenvalue weighted by Gasteiger charge is 2.56. The minimum atomic E-state index is -4.83. The van der Waals surface area contributed by atoms with Crippen LogP contribution in [0.25, 0.3) is 0 Å². The molecule has 1 unspecified atom stereocenters. The smallest absolute Gasteiger partial charge is 0.363 e. The summed E-state index contributed by atoms with van der Waals surface area (Å²) in [5.41, 5.74) is 0. The molecule has 1 aromatic carbocycles. The molecule has 23 heavy (non-hydrogen) atoms. The third-order valence-corrected chi connectivity index (χ3v) is 5.22. The Balaban J connectivity index is 1.98. The van der Waals surface area contributed by atoms with Gasteiger partial charge in [-0.1, -0.05) is 18.2 Å². The van der Waals surface area contributed by atoms with Crippen LogP contribution < -0.4 is 10.1 Å². The number of benzene rings is 1. The molecule has 1 heterocycles. The summed E-state index contributed by atoms with van der Waals surface area (Å²) in [5.74, 6) is -1.30. The average Bonchev–Trinajstić information content (AvgIpc) is 2.47. The number of nitrogens with one attached hydrogen (secondary N) is 1. The number of ether oxygens (including phenoxy) is 1. The molecule has 126 valence electrons. The quantitative estimate of drug-likeness (QED) is 0.485. The van der Waals surface area contributed by atoms with Crippen molar-refractivity contribution in [2.75, 3.05) is 12.9 Å². The van der Waals surface area contributed by atoms with Crippen LogP contribution in [0.2, 0.25) is 0 Å². The Bertz CT molecular complexity index is 735. The molecule has 0 bridgehead atoms. The topological polar surface area (TPSA) is 130 Å². The second-order valence-corrected chi connectivity index (χ2v) is 7.42. The molecule has 0 aromatic heterocycles. The predicted octanol–water partition coefficient (Wildman–Crippen LogP) is -1.10. The van der Waals surface area contributed by atoms with Crippen LogP contribution in [0.3, 0.4) is 0 Å². The first-order valence-corrected chi connectivity index (χ1v) is 9.34. The van der Waals surface area contributed by atoms with Crippen LogP contribution in [0.5, 0.6) is 5.75 Å². The van der Waals surface area contributed by atoms with Crippen LogP contribution in [-0.4, -0.2) is 57.6 Å². The number of carbonyl (C=O) groups is 2. The summed E-state index contributed by atoms with van der Waals surface area (Å²) in [5, 5.41) is 0.897. The van der Waals surface area contributed by atoms with E-state index in [9.17, 15) is 22.2 Å². The molecule has 1 saturated heterocycles. The van der Waals surface area contributed by atoms with E-state index in [0.29, 0.717) is 5.75 Å². The standard InChI is InChI=1S/C12H14N2O7S2/c1-22(17)12-10(11(16)14(12)23(18,19)20)13-9(15)7-21-8-5-3-2-4-6-8/h2-6,10,12H,7H2,1H3,(H,13,15)(H,18,19,20)/t10-,12+,22?/m0/s1. The van der Waals surface area contributed by atoms with E-state index >= 15 is 0 Å². The molecule has 1 aliphatic rings. The van der Waals surface area contributed by atoms with Gasteiger partial charge >= 0.3 is 10.3 Å². The molecule has 2 rings (SSSR count). The summed E-state index contributed by atoms with van der Waals surface area (Å²) >= 11 is 0. The summed E-state index contributed by atoms with van der Waals surface area (Å²) in [7, 11) is -6.62. The maximum atomic E-state index is 11.8. The normalized spacial score (nSPS) is 22.2. The fourth-order valence-electron chi connectivity index (χ4n) is 2.02. The number of para-hydroxylation sites is 1. The molecule has 1 fully saturated rings. The predicted molar refractivity (Wildman–Crippen MR) is 80.1 cm³/mol. The Hall–Kier alpha value is -1.98. The van der Waals surface area contributed by atoms with Gasteiger partial charge in [-0.15, -0.1) is 0 Å². The first-order valence-electron chi connectivity index (χ1n) is 6.32. The van der Waals surface area contributed by atoms with Crippen LogP contribution in [0.4, 0.5) is 0 Å². The van der Waals surface area contributed by atoms with Gasteiger partial charge in [-0.2, -0.15) is 12.7 Å². The largest absolute Gasteiger partial charge is 0.484 e. The Morgan fingerprint density at radius 2 is 2.00 bits per heavy atom. The zero-order valence-corrected chi connectivity index (χ0v) is 13.5. The number of rotatable bonds is 6. The van der Waals surface area contributed by atoms with Gasteiger partial charge in [0.2, 0.25) is 0 Å². The van der Waals surface area contributed by atoms with Gasteiger partial charge in [-0.05, 0) is 12.1 Å². The Labute approximate surface area is 134 Å². The van der Waals surface area contributed by atoms with Crippen molar-refractivity contribution in [1.29, 1.82) is 0 Å². The lowest BCUT2D eigenvalue weighted by Crippen LogP contribution is -2.73. The van der Waals surface area contributed by atoms with Gasteiger partial charge in [0.05, 0.1) is 0 Å². The van der Waals surface area contributed by atoms with E-state index in [-0.39, 0.29) is 4.31 Å². The molecule has 0 spiro atoms. The van der Waals surface area contributed by atoms with Gasteiger partial charge in [0, 0.05) is 17.1 Å². The highest BCUT2D eigenvalue weighted by atomic mass is 32.2. The highest BCUT2D eigenvalue weighted by Crippen LogP contribution is 2.25. The minimum absolute atomic E-state index is 0.0894. The number of nitrogens with zero attached hydrogens (tertiary/aromatic N) is 1. The third-order valence-electron chi connectivity index (χ3n) is 3.02. The molecule has 11 heteroatoms. The number of carbonyl (C=O) groups excluding carboxylic acids is 2. The monoisotopic (exact) mass is 362 g/mol.